The molecule has 0 saturated heterocycles. The topological polar surface area (TPSA) is 20.2 Å². The van der Waals surface area contributed by atoms with Crippen LogP contribution in [0.3, 0.4) is 0 Å². The van der Waals surface area contributed by atoms with Gasteiger partial charge in [-0.2, -0.15) is 0 Å². The molecule has 2 unspecified atom stereocenters. The van der Waals surface area contributed by atoms with Gasteiger partial charge in [0.15, 0.2) is 0 Å². The van der Waals surface area contributed by atoms with Gasteiger partial charge in [0.2, 0.25) is 0 Å². The molecule has 1 nitrogen and oxygen atoms in total. The SMILES string of the molecule is CCCC(C)C(C)CO. The van der Waals surface area contributed by atoms with Crippen molar-refractivity contribution in [2.75, 3.05) is 6.61 Å². The van der Waals surface area contributed by atoms with E-state index in [4.69, 9.17) is 5.11 Å². The molecular formula is C8H18O. The van der Waals surface area contributed by atoms with Crippen LogP contribution in [0, 0.1) is 11.8 Å². The van der Waals surface area contributed by atoms with E-state index in [9.17, 15) is 0 Å². The summed E-state index contributed by atoms with van der Waals surface area (Å²) in [6, 6.07) is 0. The van der Waals surface area contributed by atoms with E-state index in [0.717, 1.165) is 0 Å². The van der Waals surface area contributed by atoms with E-state index >= 15 is 0 Å². The van der Waals surface area contributed by atoms with Gasteiger partial charge in [0.25, 0.3) is 0 Å². The summed E-state index contributed by atoms with van der Waals surface area (Å²) in [5, 5.41) is 8.73. The number of aliphatic hydroxyl groups is 1. The van der Waals surface area contributed by atoms with Crippen molar-refractivity contribution in [3.8, 4) is 0 Å². The number of rotatable bonds is 4. The first kappa shape index (κ1) is 8.96. The molecule has 0 aliphatic carbocycles. The van der Waals surface area contributed by atoms with E-state index in [2.05, 4.69) is 20.8 Å². The quantitative estimate of drug-likeness (QED) is 0.617. The maximum absolute atomic E-state index is 8.73. The molecule has 56 valence electrons. The Labute approximate surface area is 58.1 Å². The third kappa shape index (κ3) is 3.52. The van der Waals surface area contributed by atoms with Gasteiger partial charge in [0, 0.05) is 6.61 Å². The van der Waals surface area contributed by atoms with Crippen molar-refractivity contribution in [3.63, 3.8) is 0 Å². The van der Waals surface area contributed by atoms with Crippen LogP contribution in [-0.4, -0.2) is 11.7 Å². The van der Waals surface area contributed by atoms with Crippen LogP contribution in [0.4, 0.5) is 0 Å². The van der Waals surface area contributed by atoms with Gasteiger partial charge >= 0.3 is 0 Å². The average molecular weight is 130 g/mol. The molecule has 0 saturated carbocycles. The molecule has 0 aromatic rings. The standard InChI is InChI=1S/C8H18O/c1-4-5-7(2)8(3)6-9/h7-9H,4-6H2,1-3H3. The molecule has 0 aliphatic heterocycles. The Morgan fingerprint density at radius 1 is 1.22 bits per heavy atom. The molecule has 2 atom stereocenters. The third-order valence-electron chi connectivity index (χ3n) is 2.00. The highest BCUT2D eigenvalue weighted by atomic mass is 16.3. The molecule has 0 radical (unpaired) electrons. The van der Waals surface area contributed by atoms with Gasteiger partial charge in [-0.15, -0.1) is 0 Å². The first-order valence-electron chi connectivity index (χ1n) is 3.83. The van der Waals surface area contributed by atoms with Gasteiger partial charge in [-0.1, -0.05) is 33.6 Å². The second kappa shape index (κ2) is 4.80. The summed E-state index contributed by atoms with van der Waals surface area (Å²) in [6.07, 6.45) is 2.47. The Morgan fingerprint density at radius 2 is 1.78 bits per heavy atom. The van der Waals surface area contributed by atoms with Crippen LogP contribution in [0.5, 0.6) is 0 Å². The molecule has 0 spiro atoms. The molecule has 0 bridgehead atoms. The number of hydrogen-bond donors (Lipinski definition) is 1. The zero-order valence-corrected chi connectivity index (χ0v) is 6.72. The van der Waals surface area contributed by atoms with E-state index in [1.54, 1.807) is 0 Å². The summed E-state index contributed by atoms with van der Waals surface area (Å²) in [7, 11) is 0. The largest absolute Gasteiger partial charge is 0.396 e. The van der Waals surface area contributed by atoms with Crippen molar-refractivity contribution in [2.45, 2.75) is 33.6 Å². The van der Waals surface area contributed by atoms with Crippen molar-refractivity contribution < 1.29 is 5.11 Å². The molecule has 0 heterocycles. The van der Waals surface area contributed by atoms with Crippen molar-refractivity contribution in [2.24, 2.45) is 11.8 Å². The summed E-state index contributed by atoms with van der Waals surface area (Å²) < 4.78 is 0. The number of aliphatic hydroxyl groups excluding tert-OH is 1. The Kier molecular flexibility index (Phi) is 4.78. The number of hydrogen-bond acceptors (Lipinski definition) is 1. The van der Waals surface area contributed by atoms with Crippen molar-refractivity contribution in [3.05, 3.63) is 0 Å². The maximum atomic E-state index is 8.73. The molecule has 9 heavy (non-hydrogen) atoms. The molecule has 1 heteroatoms. The average Bonchev–Trinajstić information content (AvgIpc) is 1.87. The highest BCUT2D eigenvalue weighted by molar-refractivity contribution is 4.58. The lowest BCUT2D eigenvalue weighted by Crippen LogP contribution is -2.11. The van der Waals surface area contributed by atoms with Crippen molar-refractivity contribution in [1.82, 2.24) is 0 Å². The van der Waals surface area contributed by atoms with Gasteiger partial charge in [-0.05, 0) is 11.8 Å². The second-order valence-electron chi connectivity index (χ2n) is 2.93. The Hall–Kier alpha value is -0.0400. The van der Waals surface area contributed by atoms with E-state index in [-0.39, 0.29) is 0 Å². The lowest BCUT2D eigenvalue weighted by Gasteiger charge is -2.15. The fraction of sp³-hybridized carbons (Fsp3) is 1.00. The monoisotopic (exact) mass is 130 g/mol. The molecule has 0 aromatic heterocycles. The van der Waals surface area contributed by atoms with Gasteiger partial charge in [-0.25, -0.2) is 0 Å². The lowest BCUT2D eigenvalue weighted by molar-refractivity contribution is 0.190. The minimum atomic E-state index is 0.334. The molecule has 0 aromatic carbocycles. The smallest absolute Gasteiger partial charge is 0.0459 e. The molecule has 0 rings (SSSR count). The Balaban J connectivity index is 3.32. The van der Waals surface area contributed by atoms with Crippen molar-refractivity contribution >= 4 is 0 Å². The third-order valence-corrected chi connectivity index (χ3v) is 2.00. The van der Waals surface area contributed by atoms with Crippen LogP contribution >= 0.6 is 0 Å². The maximum Gasteiger partial charge on any atom is 0.0459 e. The summed E-state index contributed by atoms with van der Waals surface area (Å²) in [4.78, 5) is 0. The predicted molar refractivity (Wildman–Crippen MR) is 40.3 cm³/mol. The lowest BCUT2D eigenvalue weighted by atomic mass is 9.93. The minimum Gasteiger partial charge on any atom is -0.396 e. The van der Waals surface area contributed by atoms with Gasteiger partial charge in [0.1, 0.15) is 0 Å². The predicted octanol–water partition coefficient (Wildman–Crippen LogP) is 2.05. The van der Waals surface area contributed by atoms with Crippen LogP contribution in [-0.2, 0) is 0 Å². The fourth-order valence-corrected chi connectivity index (χ4v) is 0.920. The summed E-state index contributed by atoms with van der Waals surface area (Å²) in [5.74, 6) is 1.16. The Morgan fingerprint density at radius 3 is 2.11 bits per heavy atom. The molecule has 1 N–H and O–H groups in total. The first-order valence-corrected chi connectivity index (χ1v) is 3.83. The van der Waals surface area contributed by atoms with E-state index < -0.39 is 0 Å². The highest BCUT2D eigenvalue weighted by Gasteiger charge is 2.08. The Bertz CT molecular complexity index is 61.6. The van der Waals surface area contributed by atoms with E-state index in [1.165, 1.54) is 12.8 Å². The zero-order chi connectivity index (χ0) is 7.28. The molecular weight excluding hydrogens is 112 g/mol. The summed E-state index contributed by atoms with van der Waals surface area (Å²) in [5.41, 5.74) is 0. The van der Waals surface area contributed by atoms with Crippen LogP contribution in [0.2, 0.25) is 0 Å². The van der Waals surface area contributed by atoms with Gasteiger partial charge < -0.3 is 5.11 Å². The first-order chi connectivity index (χ1) is 4.22. The van der Waals surface area contributed by atoms with Gasteiger partial charge in [0.05, 0.1) is 0 Å². The molecule has 0 aliphatic rings. The summed E-state index contributed by atoms with van der Waals surface area (Å²) >= 11 is 0. The van der Waals surface area contributed by atoms with Crippen LogP contribution < -0.4 is 0 Å². The van der Waals surface area contributed by atoms with E-state index in [1.807, 2.05) is 0 Å². The van der Waals surface area contributed by atoms with Crippen molar-refractivity contribution in [1.29, 1.82) is 0 Å². The minimum absolute atomic E-state index is 0.334. The zero-order valence-electron chi connectivity index (χ0n) is 6.72. The van der Waals surface area contributed by atoms with Crippen LogP contribution in [0.15, 0.2) is 0 Å². The summed E-state index contributed by atoms with van der Waals surface area (Å²) in [6.45, 7) is 6.81. The highest BCUT2D eigenvalue weighted by Crippen LogP contribution is 2.15. The molecule has 0 amide bonds. The molecule has 0 fully saturated rings. The second-order valence-corrected chi connectivity index (χ2v) is 2.93. The van der Waals surface area contributed by atoms with Crippen LogP contribution in [0.25, 0.3) is 0 Å². The van der Waals surface area contributed by atoms with Gasteiger partial charge in [-0.3, -0.25) is 0 Å². The van der Waals surface area contributed by atoms with Crippen LogP contribution in [0.1, 0.15) is 33.6 Å². The van der Waals surface area contributed by atoms with E-state index in [0.29, 0.717) is 18.4 Å². The fourth-order valence-electron chi connectivity index (χ4n) is 0.920. The normalized spacial score (nSPS) is 17.3.